The number of rotatable bonds is 3. The molecule has 6 heteroatoms. The van der Waals surface area contributed by atoms with E-state index in [1.54, 1.807) is 24.3 Å². The number of halogens is 5. The molecule has 2 aromatic carbocycles. The van der Waals surface area contributed by atoms with Gasteiger partial charge in [-0.1, -0.05) is 46.9 Å². The lowest BCUT2D eigenvalue weighted by Crippen LogP contribution is -2.15. The second kappa shape index (κ2) is 6.63. The van der Waals surface area contributed by atoms with E-state index in [9.17, 15) is 4.39 Å². The van der Waals surface area contributed by atoms with Crippen LogP contribution < -0.4 is 5.73 Å². The first kappa shape index (κ1) is 16.1. The van der Waals surface area contributed by atoms with E-state index in [0.29, 0.717) is 26.5 Å². The molecule has 0 fully saturated rings. The zero-order chi connectivity index (χ0) is 14.9. The van der Waals surface area contributed by atoms with Crippen LogP contribution in [0.1, 0.15) is 17.2 Å². The van der Waals surface area contributed by atoms with Crippen molar-refractivity contribution in [3.63, 3.8) is 0 Å². The molecular weight excluding hydrogens is 387 g/mol. The molecular formula is C14H10BrCl3FN. The van der Waals surface area contributed by atoms with Crippen LogP contribution in [0.4, 0.5) is 4.39 Å². The highest BCUT2D eigenvalue weighted by Gasteiger charge is 2.16. The molecule has 0 aliphatic heterocycles. The van der Waals surface area contributed by atoms with Crippen LogP contribution in [0.25, 0.3) is 0 Å². The highest BCUT2D eigenvalue weighted by molar-refractivity contribution is 9.10. The van der Waals surface area contributed by atoms with E-state index in [2.05, 4.69) is 15.9 Å². The monoisotopic (exact) mass is 395 g/mol. The van der Waals surface area contributed by atoms with Crippen LogP contribution in [-0.2, 0) is 6.42 Å². The Bertz CT molecular complexity index is 649. The summed E-state index contributed by atoms with van der Waals surface area (Å²) in [5, 5.41) is 0.958. The van der Waals surface area contributed by atoms with Gasteiger partial charge in [-0.3, -0.25) is 0 Å². The van der Waals surface area contributed by atoms with E-state index in [1.807, 2.05) is 6.07 Å². The molecule has 0 aliphatic carbocycles. The summed E-state index contributed by atoms with van der Waals surface area (Å²) in [6.07, 6.45) is 0.436. The minimum Gasteiger partial charge on any atom is -0.324 e. The van der Waals surface area contributed by atoms with Gasteiger partial charge >= 0.3 is 0 Å². The summed E-state index contributed by atoms with van der Waals surface area (Å²) in [6, 6.07) is 8.01. The Labute approximate surface area is 140 Å². The topological polar surface area (TPSA) is 26.0 Å². The summed E-state index contributed by atoms with van der Waals surface area (Å²) in [4.78, 5) is 0. The Morgan fingerprint density at radius 1 is 1.10 bits per heavy atom. The second-order valence-corrected chi connectivity index (χ2v) is 6.37. The van der Waals surface area contributed by atoms with Crippen molar-refractivity contribution in [1.29, 1.82) is 0 Å². The Morgan fingerprint density at radius 3 is 2.45 bits per heavy atom. The van der Waals surface area contributed by atoms with Crippen LogP contribution >= 0.6 is 50.7 Å². The van der Waals surface area contributed by atoms with Crippen molar-refractivity contribution >= 4 is 50.7 Å². The van der Waals surface area contributed by atoms with Crippen molar-refractivity contribution in [2.24, 2.45) is 5.73 Å². The minimum atomic E-state index is -0.516. The molecule has 1 unspecified atom stereocenters. The molecule has 0 heterocycles. The SMILES string of the molecule is NC(Cc1ccc(Cl)c(Cl)c1)c1ccc(Br)c(Cl)c1F. The summed E-state index contributed by atoms with van der Waals surface area (Å²) in [6.45, 7) is 0. The van der Waals surface area contributed by atoms with E-state index in [1.165, 1.54) is 0 Å². The average molecular weight is 398 g/mol. The highest BCUT2D eigenvalue weighted by atomic mass is 79.9. The minimum absolute atomic E-state index is 0.0343. The normalized spacial score (nSPS) is 12.5. The maximum Gasteiger partial charge on any atom is 0.147 e. The highest BCUT2D eigenvalue weighted by Crippen LogP contribution is 2.31. The second-order valence-electron chi connectivity index (χ2n) is 4.32. The summed E-state index contributed by atoms with van der Waals surface area (Å²) in [7, 11) is 0. The predicted octanol–water partition coefficient (Wildman–Crippen LogP) is 5.79. The van der Waals surface area contributed by atoms with E-state index < -0.39 is 11.9 Å². The lowest BCUT2D eigenvalue weighted by atomic mass is 9.99. The smallest absolute Gasteiger partial charge is 0.147 e. The van der Waals surface area contributed by atoms with Gasteiger partial charge in [0.15, 0.2) is 0 Å². The van der Waals surface area contributed by atoms with Gasteiger partial charge in [0.25, 0.3) is 0 Å². The van der Waals surface area contributed by atoms with Crippen molar-refractivity contribution in [2.75, 3.05) is 0 Å². The van der Waals surface area contributed by atoms with E-state index in [4.69, 9.17) is 40.5 Å². The molecule has 20 heavy (non-hydrogen) atoms. The van der Waals surface area contributed by atoms with Crippen molar-refractivity contribution in [2.45, 2.75) is 12.5 Å². The molecule has 106 valence electrons. The van der Waals surface area contributed by atoms with Crippen molar-refractivity contribution < 1.29 is 4.39 Å². The third kappa shape index (κ3) is 3.46. The maximum atomic E-state index is 14.1. The van der Waals surface area contributed by atoms with E-state index in [0.717, 1.165) is 5.56 Å². The van der Waals surface area contributed by atoms with Gasteiger partial charge in [-0.05, 0) is 46.1 Å². The molecule has 0 aliphatic rings. The molecule has 0 aromatic heterocycles. The lowest BCUT2D eigenvalue weighted by molar-refractivity contribution is 0.580. The van der Waals surface area contributed by atoms with Gasteiger partial charge in [-0.15, -0.1) is 0 Å². The van der Waals surface area contributed by atoms with Gasteiger partial charge in [0.05, 0.1) is 15.1 Å². The quantitative estimate of drug-likeness (QED) is 0.652. The lowest BCUT2D eigenvalue weighted by Gasteiger charge is -2.15. The van der Waals surface area contributed by atoms with Crippen LogP contribution in [-0.4, -0.2) is 0 Å². The standard InChI is InChI=1S/C14H10BrCl3FN/c15-9-3-2-8(14(19)13(9)18)12(20)6-7-1-4-10(16)11(17)5-7/h1-5,12H,6,20H2. The van der Waals surface area contributed by atoms with Crippen molar-refractivity contribution in [3.8, 4) is 0 Å². The molecule has 0 amide bonds. The summed E-state index contributed by atoms with van der Waals surface area (Å²) in [5.74, 6) is -0.506. The first-order chi connectivity index (χ1) is 9.40. The Morgan fingerprint density at radius 2 is 1.80 bits per heavy atom. The Kier molecular flexibility index (Phi) is 5.32. The van der Waals surface area contributed by atoms with Gasteiger partial charge in [0, 0.05) is 16.1 Å². The van der Waals surface area contributed by atoms with Crippen LogP contribution in [0.15, 0.2) is 34.8 Å². The van der Waals surface area contributed by atoms with Gasteiger partial charge in [-0.2, -0.15) is 0 Å². The van der Waals surface area contributed by atoms with Gasteiger partial charge in [0.1, 0.15) is 5.82 Å². The zero-order valence-electron chi connectivity index (χ0n) is 10.1. The number of hydrogen-bond donors (Lipinski definition) is 1. The van der Waals surface area contributed by atoms with Crippen molar-refractivity contribution in [1.82, 2.24) is 0 Å². The number of hydrogen-bond acceptors (Lipinski definition) is 1. The molecule has 1 nitrogen and oxygen atoms in total. The number of benzene rings is 2. The molecule has 1 atom stereocenters. The van der Waals surface area contributed by atoms with Crippen LogP contribution in [0.5, 0.6) is 0 Å². The fraction of sp³-hybridized carbons (Fsp3) is 0.143. The molecule has 0 saturated heterocycles. The average Bonchev–Trinajstić information content (AvgIpc) is 2.40. The molecule has 0 spiro atoms. The largest absolute Gasteiger partial charge is 0.324 e. The van der Waals surface area contributed by atoms with Crippen LogP contribution in [0.3, 0.4) is 0 Å². The predicted molar refractivity (Wildman–Crippen MR) is 86.2 cm³/mol. The van der Waals surface area contributed by atoms with Gasteiger partial charge in [0.2, 0.25) is 0 Å². The molecule has 2 N–H and O–H groups in total. The summed E-state index contributed by atoms with van der Waals surface area (Å²) >= 11 is 20.8. The first-order valence-electron chi connectivity index (χ1n) is 5.73. The number of nitrogens with two attached hydrogens (primary N) is 1. The summed E-state index contributed by atoms with van der Waals surface area (Å²) < 4.78 is 14.6. The fourth-order valence-corrected chi connectivity index (χ4v) is 2.66. The first-order valence-corrected chi connectivity index (χ1v) is 7.65. The molecule has 0 saturated carbocycles. The van der Waals surface area contributed by atoms with Crippen LogP contribution in [0.2, 0.25) is 15.1 Å². The zero-order valence-corrected chi connectivity index (χ0v) is 14.0. The fourth-order valence-electron chi connectivity index (χ4n) is 1.86. The van der Waals surface area contributed by atoms with E-state index in [-0.39, 0.29) is 5.02 Å². The Balaban J connectivity index is 2.26. The molecule has 2 aromatic rings. The van der Waals surface area contributed by atoms with Gasteiger partial charge in [-0.25, -0.2) is 4.39 Å². The Hall–Kier alpha value is -0.320. The van der Waals surface area contributed by atoms with E-state index >= 15 is 0 Å². The molecule has 2 rings (SSSR count). The van der Waals surface area contributed by atoms with Crippen LogP contribution in [0, 0.1) is 5.82 Å². The maximum absolute atomic E-state index is 14.1. The van der Waals surface area contributed by atoms with Crippen molar-refractivity contribution in [3.05, 3.63) is 66.8 Å². The summed E-state index contributed by atoms with van der Waals surface area (Å²) in [5.41, 5.74) is 7.29. The molecule has 0 bridgehead atoms. The third-order valence-electron chi connectivity index (χ3n) is 2.90. The molecule has 0 radical (unpaired) electrons. The van der Waals surface area contributed by atoms with Gasteiger partial charge < -0.3 is 5.73 Å². The third-order valence-corrected chi connectivity index (χ3v) is 4.90.